The van der Waals surface area contributed by atoms with Crippen molar-refractivity contribution in [3.05, 3.63) is 84.6 Å². The molecule has 4 rings (SSSR count). The Labute approximate surface area is 180 Å². The van der Waals surface area contributed by atoms with Crippen LogP contribution < -0.4 is 10.6 Å². The highest BCUT2D eigenvalue weighted by Crippen LogP contribution is 2.20. The van der Waals surface area contributed by atoms with Crippen LogP contribution in [0.25, 0.3) is 16.6 Å². The molecule has 7 nitrogen and oxygen atoms in total. The van der Waals surface area contributed by atoms with Crippen LogP contribution in [0.4, 0.5) is 0 Å². The van der Waals surface area contributed by atoms with Gasteiger partial charge in [-0.1, -0.05) is 30.3 Å². The molecule has 0 aliphatic rings. The maximum atomic E-state index is 13.0. The maximum Gasteiger partial charge on any atom is 0.243 e. The number of rotatable bonds is 7. The SMILES string of the molecule is CC(=O)N[C@H](Cc1c[nH]c2ccccc12)C(=O)N[C@H](C)c1ccc(-n2ccnc2)cc1. The van der Waals surface area contributed by atoms with E-state index in [2.05, 4.69) is 20.6 Å². The normalized spacial score (nSPS) is 13.0. The Morgan fingerprint density at radius 2 is 1.87 bits per heavy atom. The Morgan fingerprint density at radius 1 is 1.10 bits per heavy atom. The fourth-order valence-electron chi connectivity index (χ4n) is 3.72. The maximum absolute atomic E-state index is 13.0. The average molecular weight is 415 g/mol. The van der Waals surface area contributed by atoms with E-state index in [1.807, 2.05) is 72.4 Å². The van der Waals surface area contributed by atoms with Crippen LogP contribution in [0, 0.1) is 0 Å². The lowest BCUT2D eigenvalue weighted by molar-refractivity contribution is -0.128. The molecule has 2 amide bonds. The highest BCUT2D eigenvalue weighted by atomic mass is 16.2. The first-order valence-corrected chi connectivity index (χ1v) is 10.2. The zero-order chi connectivity index (χ0) is 21.8. The number of imidazole rings is 1. The lowest BCUT2D eigenvalue weighted by Crippen LogP contribution is -2.47. The molecule has 0 saturated carbocycles. The van der Waals surface area contributed by atoms with Crippen molar-refractivity contribution in [3.63, 3.8) is 0 Å². The molecule has 2 heterocycles. The predicted octanol–water partition coefficient (Wildman–Crippen LogP) is 3.28. The Kier molecular flexibility index (Phi) is 5.84. The second kappa shape index (κ2) is 8.87. The minimum atomic E-state index is -0.663. The van der Waals surface area contributed by atoms with Crippen LogP contribution in [0.15, 0.2) is 73.4 Å². The Morgan fingerprint density at radius 3 is 2.58 bits per heavy atom. The molecule has 2 aromatic heterocycles. The number of amides is 2. The van der Waals surface area contributed by atoms with E-state index in [0.29, 0.717) is 6.42 Å². The number of aromatic amines is 1. The third-order valence-corrected chi connectivity index (χ3v) is 5.35. The quantitative estimate of drug-likeness (QED) is 0.433. The summed E-state index contributed by atoms with van der Waals surface area (Å²) < 4.78 is 1.92. The van der Waals surface area contributed by atoms with Crippen molar-refractivity contribution in [3.8, 4) is 5.69 Å². The van der Waals surface area contributed by atoms with Gasteiger partial charge in [0, 0.05) is 48.5 Å². The van der Waals surface area contributed by atoms with E-state index in [1.54, 1.807) is 12.5 Å². The van der Waals surface area contributed by atoms with Gasteiger partial charge < -0.3 is 20.2 Å². The first kappa shape index (κ1) is 20.4. The molecule has 7 heteroatoms. The molecule has 0 saturated heterocycles. The highest BCUT2D eigenvalue weighted by molar-refractivity contribution is 5.89. The summed E-state index contributed by atoms with van der Waals surface area (Å²) in [7, 11) is 0. The van der Waals surface area contributed by atoms with E-state index < -0.39 is 6.04 Å². The number of H-pyrrole nitrogens is 1. The van der Waals surface area contributed by atoms with Crippen molar-refractivity contribution >= 4 is 22.7 Å². The van der Waals surface area contributed by atoms with Crippen molar-refractivity contribution in [2.45, 2.75) is 32.4 Å². The van der Waals surface area contributed by atoms with E-state index in [0.717, 1.165) is 27.7 Å². The van der Waals surface area contributed by atoms with Gasteiger partial charge in [0.15, 0.2) is 0 Å². The number of hydrogen-bond acceptors (Lipinski definition) is 3. The number of benzene rings is 2. The molecule has 3 N–H and O–H groups in total. The zero-order valence-corrected chi connectivity index (χ0v) is 17.5. The fraction of sp³-hybridized carbons (Fsp3) is 0.208. The van der Waals surface area contributed by atoms with Crippen LogP contribution in [0.2, 0.25) is 0 Å². The average Bonchev–Trinajstić information content (AvgIpc) is 3.44. The molecule has 0 aliphatic heterocycles. The van der Waals surface area contributed by atoms with Gasteiger partial charge >= 0.3 is 0 Å². The van der Waals surface area contributed by atoms with Gasteiger partial charge in [0.2, 0.25) is 11.8 Å². The van der Waals surface area contributed by atoms with Crippen LogP contribution >= 0.6 is 0 Å². The van der Waals surface area contributed by atoms with Gasteiger partial charge in [-0.2, -0.15) is 0 Å². The first-order chi connectivity index (χ1) is 15.0. The van der Waals surface area contributed by atoms with Crippen molar-refractivity contribution in [2.75, 3.05) is 0 Å². The topological polar surface area (TPSA) is 91.8 Å². The minimum Gasteiger partial charge on any atom is -0.361 e. The van der Waals surface area contributed by atoms with Gasteiger partial charge in [0.1, 0.15) is 6.04 Å². The molecule has 0 fully saturated rings. The molecule has 158 valence electrons. The smallest absolute Gasteiger partial charge is 0.243 e. The van der Waals surface area contributed by atoms with Crippen molar-refractivity contribution in [2.24, 2.45) is 0 Å². The Balaban J connectivity index is 1.47. The highest BCUT2D eigenvalue weighted by Gasteiger charge is 2.23. The molecular weight excluding hydrogens is 390 g/mol. The van der Waals surface area contributed by atoms with Gasteiger partial charge in [-0.15, -0.1) is 0 Å². The lowest BCUT2D eigenvalue weighted by atomic mass is 10.0. The molecule has 0 bridgehead atoms. The van der Waals surface area contributed by atoms with Crippen LogP contribution in [0.1, 0.15) is 31.0 Å². The zero-order valence-electron chi connectivity index (χ0n) is 17.5. The van der Waals surface area contributed by atoms with Gasteiger partial charge in [-0.25, -0.2) is 4.98 Å². The van der Waals surface area contributed by atoms with E-state index in [-0.39, 0.29) is 17.9 Å². The molecule has 0 unspecified atom stereocenters. The van der Waals surface area contributed by atoms with Crippen LogP contribution in [0.5, 0.6) is 0 Å². The Bertz CT molecular complexity index is 1180. The van der Waals surface area contributed by atoms with Gasteiger partial charge in [-0.3, -0.25) is 9.59 Å². The summed E-state index contributed by atoms with van der Waals surface area (Å²) in [5, 5.41) is 6.88. The number of hydrogen-bond donors (Lipinski definition) is 3. The minimum absolute atomic E-state index is 0.205. The summed E-state index contributed by atoms with van der Waals surface area (Å²) in [5.74, 6) is -0.455. The number of nitrogens with one attached hydrogen (secondary N) is 3. The van der Waals surface area contributed by atoms with E-state index >= 15 is 0 Å². The number of nitrogens with zero attached hydrogens (tertiary/aromatic N) is 2. The van der Waals surface area contributed by atoms with E-state index in [4.69, 9.17) is 0 Å². The molecule has 0 radical (unpaired) electrons. The van der Waals surface area contributed by atoms with Gasteiger partial charge in [-0.05, 0) is 36.2 Å². The van der Waals surface area contributed by atoms with Crippen molar-refractivity contribution in [1.82, 2.24) is 25.2 Å². The van der Waals surface area contributed by atoms with Crippen molar-refractivity contribution < 1.29 is 9.59 Å². The number of fused-ring (bicyclic) bond motifs is 1. The monoisotopic (exact) mass is 415 g/mol. The molecule has 0 aliphatic carbocycles. The van der Waals surface area contributed by atoms with E-state index in [9.17, 15) is 9.59 Å². The van der Waals surface area contributed by atoms with Crippen LogP contribution in [0.3, 0.4) is 0 Å². The first-order valence-electron chi connectivity index (χ1n) is 10.2. The summed E-state index contributed by atoms with van der Waals surface area (Å²) in [6.07, 6.45) is 7.64. The summed E-state index contributed by atoms with van der Waals surface area (Å²) in [6.45, 7) is 3.36. The largest absolute Gasteiger partial charge is 0.361 e. The molecule has 0 spiro atoms. The van der Waals surface area contributed by atoms with Crippen molar-refractivity contribution in [1.29, 1.82) is 0 Å². The fourth-order valence-corrected chi connectivity index (χ4v) is 3.72. The summed E-state index contributed by atoms with van der Waals surface area (Å²) >= 11 is 0. The lowest BCUT2D eigenvalue weighted by Gasteiger charge is -2.21. The summed E-state index contributed by atoms with van der Waals surface area (Å²) in [5.41, 5.74) is 3.97. The third kappa shape index (κ3) is 4.66. The number of para-hydroxylation sites is 1. The second-order valence-corrected chi connectivity index (χ2v) is 7.61. The summed E-state index contributed by atoms with van der Waals surface area (Å²) in [4.78, 5) is 32.1. The van der Waals surface area contributed by atoms with Gasteiger partial charge in [0.25, 0.3) is 0 Å². The molecule has 2 atom stereocenters. The molecule has 4 aromatic rings. The number of carbonyl (C=O) groups is 2. The third-order valence-electron chi connectivity index (χ3n) is 5.35. The molecule has 31 heavy (non-hydrogen) atoms. The number of aromatic nitrogens is 3. The molecule has 2 aromatic carbocycles. The Hall–Kier alpha value is -3.87. The standard InChI is InChI=1S/C24H25N5O2/c1-16(18-7-9-20(10-8-18)29-12-11-25-15-29)27-24(31)23(28-17(2)30)13-19-14-26-22-6-4-3-5-21(19)22/h3-12,14-16,23,26H,13H2,1-2H3,(H,27,31)(H,28,30)/t16-,23-/m1/s1. The van der Waals surface area contributed by atoms with Gasteiger partial charge in [0.05, 0.1) is 12.4 Å². The summed E-state index contributed by atoms with van der Waals surface area (Å²) in [6, 6.07) is 15.0. The predicted molar refractivity (Wildman–Crippen MR) is 120 cm³/mol. The number of carbonyl (C=O) groups excluding carboxylic acids is 2. The second-order valence-electron chi connectivity index (χ2n) is 7.61. The molecular formula is C24H25N5O2. The van der Waals surface area contributed by atoms with Crippen LogP contribution in [-0.2, 0) is 16.0 Å². The van der Waals surface area contributed by atoms with E-state index in [1.165, 1.54) is 6.92 Å². The van der Waals surface area contributed by atoms with Crippen LogP contribution in [-0.4, -0.2) is 32.4 Å².